The maximum absolute atomic E-state index is 9.93. The second kappa shape index (κ2) is 5.85. The smallest absolute Gasteiger partial charge is 0.131 e. The SMILES string of the molecule is COc1ccc2nc(C(O)C(O)CN=[N+]=[N-])sc2c1. The Morgan fingerprint density at radius 2 is 2.32 bits per heavy atom. The zero-order valence-corrected chi connectivity index (χ0v) is 10.9. The molecular formula is C11H12N4O3S. The predicted octanol–water partition coefficient (Wildman–Crippen LogP) is 2.01. The summed E-state index contributed by atoms with van der Waals surface area (Å²) >= 11 is 1.26. The minimum Gasteiger partial charge on any atom is -0.497 e. The first-order chi connectivity index (χ1) is 9.15. The minimum absolute atomic E-state index is 0.198. The van der Waals surface area contributed by atoms with Crippen LogP contribution in [0.4, 0.5) is 0 Å². The van der Waals surface area contributed by atoms with Crippen LogP contribution in [0.2, 0.25) is 0 Å². The summed E-state index contributed by atoms with van der Waals surface area (Å²) in [6.45, 7) is -0.198. The number of thiazole rings is 1. The van der Waals surface area contributed by atoms with Gasteiger partial charge in [-0.1, -0.05) is 5.11 Å². The second-order valence-corrected chi connectivity index (χ2v) is 4.87. The third kappa shape index (κ3) is 2.94. The van der Waals surface area contributed by atoms with E-state index in [1.807, 2.05) is 6.07 Å². The van der Waals surface area contributed by atoms with E-state index in [4.69, 9.17) is 10.3 Å². The van der Waals surface area contributed by atoms with Gasteiger partial charge in [-0.15, -0.1) is 11.3 Å². The van der Waals surface area contributed by atoms with Crippen molar-refractivity contribution >= 4 is 21.6 Å². The molecule has 2 rings (SSSR count). The van der Waals surface area contributed by atoms with Crippen molar-refractivity contribution in [1.82, 2.24) is 4.98 Å². The van der Waals surface area contributed by atoms with Gasteiger partial charge in [-0.05, 0) is 23.7 Å². The summed E-state index contributed by atoms with van der Waals surface area (Å²) in [6.07, 6.45) is -2.34. The van der Waals surface area contributed by atoms with E-state index in [2.05, 4.69) is 15.0 Å². The fraction of sp³-hybridized carbons (Fsp3) is 0.364. The van der Waals surface area contributed by atoms with Crippen molar-refractivity contribution in [1.29, 1.82) is 0 Å². The molecule has 0 aliphatic carbocycles. The highest BCUT2D eigenvalue weighted by atomic mass is 32.1. The van der Waals surface area contributed by atoms with Gasteiger partial charge in [-0.25, -0.2) is 4.98 Å². The van der Waals surface area contributed by atoms with E-state index < -0.39 is 12.2 Å². The number of nitrogens with zero attached hydrogens (tertiary/aromatic N) is 4. The molecule has 1 aromatic heterocycles. The van der Waals surface area contributed by atoms with Crippen molar-refractivity contribution in [3.63, 3.8) is 0 Å². The Morgan fingerprint density at radius 3 is 3.00 bits per heavy atom. The Labute approximate surface area is 112 Å². The van der Waals surface area contributed by atoms with E-state index in [1.54, 1.807) is 19.2 Å². The summed E-state index contributed by atoms with van der Waals surface area (Å²) in [6, 6.07) is 5.36. The number of benzene rings is 1. The van der Waals surface area contributed by atoms with E-state index in [0.717, 1.165) is 10.2 Å². The number of aromatic nitrogens is 1. The Kier molecular flexibility index (Phi) is 4.18. The van der Waals surface area contributed by atoms with Crippen molar-refractivity contribution < 1.29 is 14.9 Å². The molecular weight excluding hydrogens is 268 g/mol. The molecule has 1 heterocycles. The number of rotatable bonds is 5. The lowest BCUT2D eigenvalue weighted by Gasteiger charge is -2.12. The Morgan fingerprint density at radius 1 is 1.53 bits per heavy atom. The summed E-state index contributed by atoms with van der Waals surface area (Å²) in [4.78, 5) is 6.77. The summed E-state index contributed by atoms with van der Waals surface area (Å²) in [7, 11) is 1.57. The molecule has 0 saturated heterocycles. The predicted molar refractivity (Wildman–Crippen MR) is 71.2 cm³/mol. The third-order valence-corrected chi connectivity index (χ3v) is 3.65. The number of aliphatic hydroxyl groups excluding tert-OH is 2. The molecule has 2 atom stereocenters. The lowest BCUT2D eigenvalue weighted by molar-refractivity contribution is 0.0244. The number of aliphatic hydroxyl groups is 2. The van der Waals surface area contributed by atoms with Gasteiger partial charge in [0.25, 0.3) is 0 Å². The second-order valence-electron chi connectivity index (χ2n) is 3.81. The quantitative estimate of drug-likeness (QED) is 0.495. The monoisotopic (exact) mass is 280 g/mol. The zero-order chi connectivity index (χ0) is 13.8. The Bertz CT molecular complexity index is 623. The topological polar surface area (TPSA) is 111 Å². The molecule has 2 N–H and O–H groups in total. The fourth-order valence-corrected chi connectivity index (χ4v) is 2.60. The molecule has 0 amide bonds. The highest BCUT2D eigenvalue weighted by Gasteiger charge is 2.21. The van der Waals surface area contributed by atoms with Crippen LogP contribution in [-0.4, -0.2) is 35.0 Å². The van der Waals surface area contributed by atoms with E-state index in [1.165, 1.54) is 11.3 Å². The molecule has 2 aromatic rings. The highest BCUT2D eigenvalue weighted by Crippen LogP contribution is 2.30. The van der Waals surface area contributed by atoms with Gasteiger partial charge < -0.3 is 14.9 Å². The number of hydrogen-bond donors (Lipinski definition) is 2. The van der Waals surface area contributed by atoms with Crippen LogP contribution in [0.25, 0.3) is 20.7 Å². The van der Waals surface area contributed by atoms with Crippen molar-refractivity contribution in [2.75, 3.05) is 13.7 Å². The van der Waals surface area contributed by atoms with Gasteiger partial charge >= 0.3 is 0 Å². The van der Waals surface area contributed by atoms with Crippen LogP contribution in [0.15, 0.2) is 23.3 Å². The number of ether oxygens (including phenoxy) is 1. The Hall–Kier alpha value is -1.86. The standard InChI is InChI=1S/C11H12N4O3S/c1-18-6-2-3-7-9(4-6)19-11(14-7)10(17)8(16)5-13-15-12/h2-4,8,10,16-17H,5H2,1H3. The van der Waals surface area contributed by atoms with Crippen LogP contribution in [-0.2, 0) is 0 Å². The third-order valence-electron chi connectivity index (χ3n) is 2.56. The molecule has 2 unspecified atom stereocenters. The maximum atomic E-state index is 9.93. The highest BCUT2D eigenvalue weighted by molar-refractivity contribution is 7.18. The van der Waals surface area contributed by atoms with Gasteiger partial charge in [0.15, 0.2) is 0 Å². The minimum atomic E-state index is -1.17. The summed E-state index contributed by atoms with van der Waals surface area (Å²) < 4.78 is 5.96. The van der Waals surface area contributed by atoms with Crippen molar-refractivity contribution in [2.24, 2.45) is 5.11 Å². The van der Waals surface area contributed by atoms with Gasteiger partial charge in [-0.3, -0.25) is 0 Å². The molecule has 7 nitrogen and oxygen atoms in total. The summed E-state index contributed by atoms with van der Waals surface area (Å²) in [5, 5.41) is 23.2. The number of fused-ring (bicyclic) bond motifs is 1. The molecule has 0 aliphatic heterocycles. The van der Waals surface area contributed by atoms with E-state index in [9.17, 15) is 10.2 Å². The number of hydrogen-bond acceptors (Lipinski definition) is 6. The first-order valence-corrected chi connectivity index (χ1v) is 6.29. The molecule has 0 saturated carbocycles. The van der Waals surface area contributed by atoms with Gasteiger partial charge in [0.05, 0.1) is 30.0 Å². The first kappa shape index (κ1) is 13.6. The molecule has 19 heavy (non-hydrogen) atoms. The molecule has 0 radical (unpaired) electrons. The van der Waals surface area contributed by atoms with Crippen LogP contribution >= 0.6 is 11.3 Å². The normalized spacial score (nSPS) is 13.8. The van der Waals surface area contributed by atoms with Gasteiger partial charge in [-0.2, -0.15) is 0 Å². The molecule has 100 valence electrons. The molecule has 0 bridgehead atoms. The zero-order valence-electron chi connectivity index (χ0n) is 10.1. The Balaban J connectivity index is 2.27. The largest absolute Gasteiger partial charge is 0.497 e. The van der Waals surface area contributed by atoms with Crippen LogP contribution < -0.4 is 4.74 Å². The lowest BCUT2D eigenvalue weighted by atomic mass is 10.2. The van der Waals surface area contributed by atoms with Gasteiger partial charge in [0, 0.05) is 4.91 Å². The fourth-order valence-electron chi connectivity index (χ4n) is 1.56. The summed E-state index contributed by atoms with van der Waals surface area (Å²) in [5.41, 5.74) is 8.90. The average molecular weight is 280 g/mol. The van der Waals surface area contributed by atoms with Crippen molar-refractivity contribution in [3.8, 4) is 5.75 Å². The maximum Gasteiger partial charge on any atom is 0.131 e. The number of methoxy groups -OCH3 is 1. The van der Waals surface area contributed by atoms with Gasteiger partial charge in [0.2, 0.25) is 0 Å². The van der Waals surface area contributed by atoms with E-state index in [0.29, 0.717) is 10.8 Å². The number of azide groups is 1. The average Bonchev–Trinajstić information content (AvgIpc) is 2.86. The van der Waals surface area contributed by atoms with Crippen LogP contribution in [0.3, 0.4) is 0 Å². The molecule has 1 aromatic carbocycles. The molecule has 0 fully saturated rings. The van der Waals surface area contributed by atoms with Crippen LogP contribution in [0.1, 0.15) is 11.1 Å². The van der Waals surface area contributed by atoms with E-state index in [-0.39, 0.29) is 6.54 Å². The van der Waals surface area contributed by atoms with Crippen LogP contribution in [0.5, 0.6) is 5.75 Å². The van der Waals surface area contributed by atoms with Crippen molar-refractivity contribution in [3.05, 3.63) is 33.6 Å². The lowest BCUT2D eigenvalue weighted by Crippen LogP contribution is -2.20. The van der Waals surface area contributed by atoms with Gasteiger partial charge in [0.1, 0.15) is 16.9 Å². The first-order valence-electron chi connectivity index (χ1n) is 5.47. The van der Waals surface area contributed by atoms with E-state index >= 15 is 0 Å². The molecule has 8 heteroatoms. The molecule has 0 spiro atoms. The van der Waals surface area contributed by atoms with Crippen molar-refractivity contribution in [2.45, 2.75) is 12.2 Å². The molecule has 0 aliphatic rings. The summed E-state index contributed by atoms with van der Waals surface area (Å²) in [5.74, 6) is 0.701. The van der Waals surface area contributed by atoms with Crippen LogP contribution in [0, 0.1) is 0 Å².